The second-order valence-corrected chi connectivity index (χ2v) is 7.19. The van der Waals surface area contributed by atoms with E-state index in [0.29, 0.717) is 19.4 Å². The minimum absolute atomic E-state index is 0.122. The minimum Gasteiger partial charge on any atom is -0.481 e. The van der Waals surface area contributed by atoms with Crippen molar-refractivity contribution in [3.8, 4) is 0 Å². The van der Waals surface area contributed by atoms with Gasteiger partial charge in [0.15, 0.2) is 0 Å². The Bertz CT molecular complexity index is 659. The number of carbonyl (C=O) groups excluding carboxylic acids is 3. The molecule has 0 radical (unpaired) electrons. The van der Waals surface area contributed by atoms with Gasteiger partial charge in [-0.2, -0.15) is 0 Å². The van der Waals surface area contributed by atoms with Crippen LogP contribution in [0.2, 0.25) is 0 Å². The molecule has 5 atom stereocenters. The first-order valence-electron chi connectivity index (χ1n) is 10.0. The number of rotatable bonds is 16. The van der Waals surface area contributed by atoms with Gasteiger partial charge in [0, 0.05) is 6.42 Å². The van der Waals surface area contributed by atoms with Crippen molar-refractivity contribution in [3.63, 3.8) is 0 Å². The van der Waals surface area contributed by atoms with Crippen LogP contribution in [-0.2, 0) is 24.0 Å². The Morgan fingerprint density at radius 1 is 0.875 bits per heavy atom. The largest absolute Gasteiger partial charge is 0.481 e. The van der Waals surface area contributed by atoms with E-state index in [1.807, 2.05) is 0 Å². The number of aliphatic hydroxyl groups excluding tert-OH is 2. The van der Waals surface area contributed by atoms with Gasteiger partial charge in [-0.05, 0) is 39.2 Å². The Kier molecular flexibility index (Phi) is 13.7. The normalized spacial score (nSPS) is 15.5. The highest BCUT2D eigenvalue weighted by Crippen LogP contribution is 2.05. The van der Waals surface area contributed by atoms with E-state index < -0.39 is 79.4 Å². The Balaban J connectivity index is 5.36. The minimum atomic E-state index is -1.59. The zero-order valence-corrected chi connectivity index (χ0v) is 17.8. The van der Waals surface area contributed by atoms with Crippen molar-refractivity contribution in [1.29, 1.82) is 0 Å². The van der Waals surface area contributed by atoms with Crippen LogP contribution in [-0.4, -0.2) is 93.5 Å². The van der Waals surface area contributed by atoms with E-state index in [2.05, 4.69) is 16.0 Å². The van der Waals surface area contributed by atoms with Crippen molar-refractivity contribution in [2.24, 2.45) is 11.5 Å². The van der Waals surface area contributed by atoms with E-state index in [1.54, 1.807) is 0 Å². The third-order valence-electron chi connectivity index (χ3n) is 4.44. The standard InChI is InChI=1S/C18H33N5O9/c1-9(25)14(17(30)22-12(18(31)32)5-6-13(26)27)23-16(29)11(4-2-3-7-19)21-15(28)10(20)8-24/h9-12,14,24-25H,2-8,19-20H2,1H3,(H,21,28)(H,22,30)(H,23,29)(H,26,27)(H,31,32). The number of nitrogens with one attached hydrogen (secondary N) is 3. The molecule has 0 aromatic rings. The van der Waals surface area contributed by atoms with Crippen LogP contribution in [0.25, 0.3) is 0 Å². The summed E-state index contributed by atoms with van der Waals surface area (Å²) in [7, 11) is 0. The van der Waals surface area contributed by atoms with Crippen molar-refractivity contribution in [2.75, 3.05) is 13.2 Å². The Hall–Kier alpha value is -2.81. The number of carboxylic acids is 2. The van der Waals surface area contributed by atoms with Gasteiger partial charge in [0.05, 0.1) is 12.7 Å². The second-order valence-electron chi connectivity index (χ2n) is 7.19. The molecule has 3 amide bonds. The van der Waals surface area contributed by atoms with Gasteiger partial charge in [-0.25, -0.2) is 4.79 Å². The highest BCUT2D eigenvalue weighted by molar-refractivity contribution is 5.94. The molecular weight excluding hydrogens is 430 g/mol. The molecule has 0 aliphatic rings. The lowest BCUT2D eigenvalue weighted by Crippen LogP contribution is -2.60. The molecule has 32 heavy (non-hydrogen) atoms. The van der Waals surface area contributed by atoms with Crippen LogP contribution < -0.4 is 27.4 Å². The summed E-state index contributed by atoms with van der Waals surface area (Å²) in [5, 5.41) is 43.5. The maximum Gasteiger partial charge on any atom is 0.326 e. The average molecular weight is 463 g/mol. The predicted molar refractivity (Wildman–Crippen MR) is 110 cm³/mol. The third kappa shape index (κ3) is 11.0. The molecule has 14 nitrogen and oxygen atoms in total. The van der Waals surface area contributed by atoms with Gasteiger partial charge in [-0.15, -0.1) is 0 Å². The van der Waals surface area contributed by atoms with Gasteiger partial charge >= 0.3 is 11.9 Å². The van der Waals surface area contributed by atoms with E-state index >= 15 is 0 Å². The molecule has 0 rings (SSSR count). The van der Waals surface area contributed by atoms with Crippen molar-refractivity contribution >= 4 is 29.7 Å². The first kappa shape index (κ1) is 29.2. The van der Waals surface area contributed by atoms with Crippen molar-refractivity contribution in [1.82, 2.24) is 16.0 Å². The van der Waals surface area contributed by atoms with Crippen LogP contribution in [0.15, 0.2) is 0 Å². The fourth-order valence-electron chi connectivity index (χ4n) is 2.57. The molecule has 0 spiro atoms. The molecule has 0 aliphatic heterocycles. The lowest BCUT2D eigenvalue weighted by Gasteiger charge is -2.26. The molecule has 0 aliphatic carbocycles. The Morgan fingerprint density at radius 2 is 1.47 bits per heavy atom. The number of hydrogen-bond acceptors (Lipinski definition) is 9. The number of amides is 3. The monoisotopic (exact) mass is 463 g/mol. The zero-order valence-electron chi connectivity index (χ0n) is 17.8. The molecule has 11 N–H and O–H groups in total. The van der Waals surface area contributed by atoms with Gasteiger partial charge in [-0.1, -0.05) is 0 Å². The van der Waals surface area contributed by atoms with Crippen molar-refractivity contribution < 1.29 is 44.4 Å². The van der Waals surface area contributed by atoms with E-state index in [4.69, 9.17) is 21.7 Å². The second kappa shape index (κ2) is 15.1. The smallest absolute Gasteiger partial charge is 0.326 e. The van der Waals surface area contributed by atoms with E-state index in [1.165, 1.54) is 6.92 Å². The lowest BCUT2D eigenvalue weighted by atomic mass is 10.1. The molecule has 0 aromatic heterocycles. The summed E-state index contributed by atoms with van der Waals surface area (Å²) in [4.78, 5) is 59.1. The number of hydrogen-bond donors (Lipinski definition) is 9. The summed E-state index contributed by atoms with van der Waals surface area (Å²) < 4.78 is 0. The number of nitrogens with two attached hydrogens (primary N) is 2. The first-order chi connectivity index (χ1) is 14.9. The summed E-state index contributed by atoms with van der Waals surface area (Å²) >= 11 is 0. The van der Waals surface area contributed by atoms with Crippen molar-refractivity contribution in [3.05, 3.63) is 0 Å². The van der Waals surface area contributed by atoms with Gasteiger partial charge in [-0.3, -0.25) is 19.2 Å². The highest BCUT2D eigenvalue weighted by Gasteiger charge is 2.32. The number of aliphatic carboxylic acids is 2. The van der Waals surface area contributed by atoms with Crippen LogP contribution >= 0.6 is 0 Å². The van der Waals surface area contributed by atoms with Gasteiger partial charge in [0.1, 0.15) is 24.2 Å². The molecule has 5 unspecified atom stereocenters. The van der Waals surface area contributed by atoms with Crippen LogP contribution in [0.5, 0.6) is 0 Å². The SMILES string of the molecule is CC(O)C(NC(=O)C(CCCCN)NC(=O)C(N)CO)C(=O)NC(CCC(=O)O)C(=O)O. The molecule has 14 heteroatoms. The van der Waals surface area contributed by atoms with Gasteiger partial charge in [0.25, 0.3) is 0 Å². The Morgan fingerprint density at radius 3 is 1.94 bits per heavy atom. The molecule has 0 aromatic carbocycles. The molecule has 0 saturated heterocycles. The number of unbranched alkanes of at least 4 members (excludes halogenated alkanes) is 1. The highest BCUT2D eigenvalue weighted by atomic mass is 16.4. The van der Waals surface area contributed by atoms with Crippen LogP contribution in [0.4, 0.5) is 0 Å². The van der Waals surface area contributed by atoms with Gasteiger partial charge in [0.2, 0.25) is 17.7 Å². The zero-order chi connectivity index (χ0) is 24.8. The first-order valence-corrected chi connectivity index (χ1v) is 10.0. The maximum absolute atomic E-state index is 12.7. The number of carboxylic acid groups (broad SMARTS) is 2. The van der Waals surface area contributed by atoms with E-state index in [9.17, 15) is 34.2 Å². The lowest BCUT2D eigenvalue weighted by molar-refractivity contribution is -0.144. The van der Waals surface area contributed by atoms with Crippen LogP contribution in [0.3, 0.4) is 0 Å². The van der Waals surface area contributed by atoms with Crippen LogP contribution in [0, 0.1) is 0 Å². The summed E-state index contributed by atoms with van der Waals surface area (Å²) in [6, 6.07) is -5.59. The molecule has 0 saturated carbocycles. The number of aliphatic hydroxyl groups is 2. The molecule has 0 heterocycles. The molecule has 184 valence electrons. The third-order valence-corrected chi connectivity index (χ3v) is 4.44. The van der Waals surface area contributed by atoms with Crippen LogP contribution in [0.1, 0.15) is 39.0 Å². The summed E-state index contributed by atoms with van der Waals surface area (Å²) in [5.74, 6) is -5.45. The fraction of sp³-hybridized carbons (Fsp3) is 0.722. The van der Waals surface area contributed by atoms with E-state index in [-0.39, 0.29) is 6.42 Å². The summed E-state index contributed by atoms with van der Waals surface area (Å²) in [5.41, 5.74) is 10.9. The average Bonchev–Trinajstić information content (AvgIpc) is 2.72. The predicted octanol–water partition coefficient (Wildman–Crippen LogP) is -3.78. The molecule has 0 fully saturated rings. The summed E-state index contributed by atoms with van der Waals surface area (Å²) in [6.07, 6.45) is -1.29. The summed E-state index contributed by atoms with van der Waals surface area (Å²) in [6.45, 7) is 0.861. The maximum atomic E-state index is 12.7. The number of carbonyl (C=O) groups is 5. The van der Waals surface area contributed by atoms with Gasteiger partial charge < -0.3 is 47.8 Å². The molecular formula is C18H33N5O9. The van der Waals surface area contributed by atoms with E-state index in [0.717, 1.165) is 0 Å². The quantitative estimate of drug-likeness (QED) is 0.100. The van der Waals surface area contributed by atoms with Crippen molar-refractivity contribution in [2.45, 2.75) is 69.3 Å². The fourth-order valence-corrected chi connectivity index (χ4v) is 2.57. The Labute approximate surface area is 184 Å². The topological polar surface area (TPSA) is 254 Å². The molecule has 0 bridgehead atoms.